The van der Waals surface area contributed by atoms with Crippen molar-refractivity contribution in [3.05, 3.63) is 64.1 Å². The fraction of sp³-hybridized carbons (Fsp3) is 0.263. The molecule has 3 heterocycles. The Bertz CT molecular complexity index is 978. The molecule has 0 spiro atoms. The van der Waals surface area contributed by atoms with E-state index in [-0.39, 0.29) is 6.54 Å². The minimum absolute atomic E-state index is 0.287. The number of aromatic nitrogens is 2. The molecule has 146 valence electrons. The summed E-state index contributed by atoms with van der Waals surface area (Å²) in [6.45, 7) is 1.52. The lowest BCUT2D eigenvalue weighted by Gasteiger charge is -2.29. The van der Waals surface area contributed by atoms with Crippen molar-refractivity contribution in [2.24, 2.45) is 0 Å². The Morgan fingerprint density at radius 3 is 2.68 bits per heavy atom. The Labute approximate surface area is 163 Å². The number of amides is 1. The maximum absolute atomic E-state index is 12.6. The molecule has 5 nitrogen and oxygen atoms in total. The van der Waals surface area contributed by atoms with E-state index >= 15 is 0 Å². The summed E-state index contributed by atoms with van der Waals surface area (Å²) in [7, 11) is 0. The van der Waals surface area contributed by atoms with Crippen LogP contribution in [0.4, 0.5) is 24.5 Å². The van der Waals surface area contributed by atoms with Crippen LogP contribution in [0.1, 0.15) is 16.1 Å². The van der Waals surface area contributed by atoms with Gasteiger partial charge in [-0.2, -0.15) is 18.3 Å². The average Bonchev–Trinajstić information content (AvgIpc) is 3.30. The van der Waals surface area contributed by atoms with Gasteiger partial charge in [0.25, 0.3) is 0 Å². The summed E-state index contributed by atoms with van der Waals surface area (Å²) in [4.78, 5) is 15.8. The van der Waals surface area contributed by atoms with E-state index in [1.165, 1.54) is 10.4 Å². The van der Waals surface area contributed by atoms with Gasteiger partial charge in [0.2, 0.25) is 5.91 Å². The van der Waals surface area contributed by atoms with Crippen molar-refractivity contribution in [1.82, 2.24) is 9.78 Å². The lowest BCUT2D eigenvalue weighted by atomic mass is 10.1. The number of rotatable bonds is 4. The average molecular weight is 406 g/mol. The predicted octanol–water partition coefficient (Wildman–Crippen LogP) is 4.16. The van der Waals surface area contributed by atoms with Crippen LogP contribution in [0, 0.1) is 0 Å². The number of nitrogens with zero attached hydrogens (tertiary/aromatic N) is 3. The summed E-state index contributed by atoms with van der Waals surface area (Å²) in [6, 6.07) is 10.5. The molecule has 0 atom stereocenters. The third-order valence-electron chi connectivity index (χ3n) is 4.56. The molecule has 0 unspecified atom stereocenters. The minimum atomic E-state index is -4.52. The largest absolute Gasteiger partial charge is 0.435 e. The van der Waals surface area contributed by atoms with Gasteiger partial charge in [0.05, 0.1) is 0 Å². The van der Waals surface area contributed by atoms with Crippen LogP contribution in [0.15, 0.2) is 48.0 Å². The fourth-order valence-electron chi connectivity index (χ4n) is 3.17. The maximum Gasteiger partial charge on any atom is 0.435 e. The zero-order chi connectivity index (χ0) is 19.7. The van der Waals surface area contributed by atoms with Gasteiger partial charge in [0.15, 0.2) is 5.69 Å². The standard InChI is InChI=1S/C19H17F3N4OS/c20-19(21,22)17-6-9-26(24-17)12-18(27)23-14-1-3-15(4-2-14)25-8-5-16-13(11-25)7-10-28-16/h1-4,6-7,9-10H,5,8,11-12H2,(H,23,27). The van der Waals surface area contributed by atoms with Gasteiger partial charge in [-0.05, 0) is 53.8 Å². The molecule has 0 bridgehead atoms. The lowest BCUT2D eigenvalue weighted by Crippen LogP contribution is -2.29. The van der Waals surface area contributed by atoms with Gasteiger partial charge in [0.1, 0.15) is 6.54 Å². The molecule has 3 aromatic rings. The number of halogens is 3. The second-order valence-corrected chi connectivity index (χ2v) is 7.53. The first-order valence-electron chi connectivity index (χ1n) is 8.69. The van der Waals surface area contributed by atoms with Gasteiger partial charge in [-0.3, -0.25) is 9.48 Å². The quantitative estimate of drug-likeness (QED) is 0.708. The first-order chi connectivity index (χ1) is 13.4. The number of fused-ring (bicyclic) bond motifs is 1. The zero-order valence-corrected chi connectivity index (χ0v) is 15.6. The highest BCUT2D eigenvalue weighted by Gasteiger charge is 2.33. The molecule has 1 aromatic carbocycles. The van der Waals surface area contributed by atoms with E-state index < -0.39 is 17.8 Å². The molecular weight excluding hydrogens is 389 g/mol. The van der Waals surface area contributed by atoms with Crippen LogP contribution in [0.25, 0.3) is 0 Å². The molecule has 0 fully saturated rings. The van der Waals surface area contributed by atoms with E-state index in [1.54, 1.807) is 23.5 Å². The molecule has 0 saturated heterocycles. The van der Waals surface area contributed by atoms with Crippen molar-refractivity contribution in [2.75, 3.05) is 16.8 Å². The lowest BCUT2D eigenvalue weighted by molar-refractivity contribution is -0.141. The number of carbonyl (C=O) groups excluding carboxylic acids is 1. The second-order valence-electron chi connectivity index (χ2n) is 6.53. The van der Waals surface area contributed by atoms with Gasteiger partial charge in [0, 0.05) is 35.5 Å². The number of hydrogen-bond acceptors (Lipinski definition) is 4. The van der Waals surface area contributed by atoms with E-state index in [0.717, 1.165) is 42.1 Å². The molecule has 1 N–H and O–H groups in total. The van der Waals surface area contributed by atoms with Crippen molar-refractivity contribution in [1.29, 1.82) is 0 Å². The van der Waals surface area contributed by atoms with Crippen molar-refractivity contribution in [3.8, 4) is 0 Å². The van der Waals surface area contributed by atoms with Gasteiger partial charge < -0.3 is 10.2 Å². The molecule has 0 aliphatic carbocycles. The Morgan fingerprint density at radius 2 is 1.96 bits per heavy atom. The van der Waals surface area contributed by atoms with Crippen LogP contribution in [-0.2, 0) is 30.5 Å². The number of alkyl halides is 3. The summed E-state index contributed by atoms with van der Waals surface area (Å²) in [5.41, 5.74) is 1.99. The van der Waals surface area contributed by atoms with Crippen molar-refractivity contribution in [2.45, 2.75) is 25.7 Å². The van der Waals surface area contributed by atoms with E-state index in [1.807, 2.05) is 12.1 Å². The molecule has 1 aliphatic heterocycles. The van der Waals surface area contributed by atoms with Crippen LogP contribution < -0.4 is 10.2 Å². The van der Waals surface area contributed by atoms with E-state index in [2.05, 4.69) is 26.8 Å². The summed E-state index contributed by atoms with van der Waals surface area (Å²) in [5.74, 6) is -0.439. The van der Waals surface area contributed by atoms with Crippen LogP contribution in [0.2, 0.25) is 0 Å². The molecular formula is C19H17F3N4OS. The summed E-state index contributed by atoms with van der Waals surface area (Å²) >= 11 is 1.79. The van der Waals surface area contributed by atoms with Crippen LogP contribution in [-0.4, -0.2) is 22.2 Å². The van der Waals surface area contributed by atoms with Crippen molar-refractivity contribution < 1.29 is 18.0 Å². The third kappa shape index (κ3) is 4.04. The van der Waals surface area contributed by atoms with Gasteiger partial charge in [-0.1, -0.05) is 0 Å². The first kappa shape index (κ1) is 18.5. The SMILES string of the molecule is O=C(Cn1ccc(C(F)(F)F)n1)Nc1ccc(N2CCc3sccc3C2)cc1. The Morgan fingerprint density at radius 1 is 1.18 bits per heavy atom. The molecule has 4 rings (SSSR count). The molecule has 2 aromatic heterocycles. The summed E-state index contributed by atoms with van der Waals surface area (Å²) in [5, 5.41) is 8.17. The highest BCUT2D eigenvalue weighted by Crippen LogP contribution is 2.29. The van der Waals surface area contributed by atoms with Crippen LogP contribution in [0.3, 0.4) is 0 Å². The maximum atomic E-state index is 12.6. The third-order valence-corrected chi connectivity index (χ3v) is 5.58. The molecule has 1 aliphatic rings. The second kappa shape index (κ2) is 7.31. The van der Waals surface area contributed by atoms with Crippen molar-refractivity contribution >= 4 is 28.6 Å². The number of thiophene rings is 1. The van der Waals surface area contributed by atoms with Gasteiger partial charge in [-0.15, -0.1) is 11.3 Å². The highest BCUT2D eigenvalue weighted by atomic mass is 32.1. The number of anilines is 2. The summed E-state index contributed by atoms with van der Waals surface area (Å²) < 4.78 is 38.7. The Balaban J connectivity index is 1.35. The monoisotopic (exact) mass is 406 g/mol. The zero-order valence-electron chi connectivity index (χ0n) is 14.7. The fourth-order valence-corrected chi connectivity index (χ4v) is 4.06. The number of hydrogen-bond donors (Lipinski definition) is 1. The first-order valence-corrected chi connectivity index (χ1v) is 9.57. The molecule has 9 heteroatoms. The molecule has 1 amide bonds. The summed E-state index contributed by atoms with van der Waals surface area (Å²) in [6.07, 6.45) is -2.36. The highest BCUT2D eigenvalue weighted by molar-refractivity contribution is 7.10. The number of benzene rings is 1. The van der Waals surface area contributed by atoms with Gasteiger partial charge >= 0.3 is 6.18 Å². The van der Waals surface area contributed by atoms with Crippen molar-refractivity contribution in [3.63, 3.8) is 0 Å². The number of carbonyl (C=O) groups is 1. The van der Waals surface area contributed by atoms with Crippen LogP contribution in [0.5, 0.6) is 0 Å². The predicted molar refractivity (Wildman–Crippen MR) is 101 cm³/mol. The normalized spacial score (nSPS) is 14.0. The number of nitrogens with one attached hydrogen (secondary N) is 1. The Kier molecular flexibility index (Phi) is 4.84. The van der Waals surface area contributed by atoms with E-state index in [9.17, 15) is 18.0 Å². The molecule has 0 radical (unpaired) electrons. The van der Waals surface area contributed by atoms with E-state index in [0.29, 0.717) is 5.69 Å². The van der Waals surface area contributed by atoms with Crippen LogP contribution >= 0.6 is 11.3 Å². The smallest absolute Gasteiger partial charge is 0.367 e. The Hall–Kier alpha value is -2.81. The molecule has 0 saturated carbocycles. The minimum Gasteiger partial charge on any atom is -0.367 e. The molecule has 28 heavy (non-hydrogen) atoms. The van der Waals surface area contributed by atoms with Gasteiger partial charge in [-0.25, -0.2) is 0 Å². The van der Waals surface area contributed by atoms with E-state index in [4.69, 9.17) is 0 Å². The topological polar surface area (TPSA) is 50.2 Å².